The Morgan fingerprint density at radius 3 is 2.60 bits per heavy atom. The van der Waals surface area contributed by atoms with E-state index in [2.05, 4.69) is 21.2 Å². The first-order valence-corrected chi connectivity index (χ1v) is 6.38. The van der Waals surface area contributed by atoms with Crippen molar-refractivity contribution in [2.75, 3.05) is 11.1 Å². The third-order valence-electron chi connectivity index (χ3n) is 2.61. The summed E-state index contributed by atoms with van der Waals surface area (Å²) in [6.07, 6.45) is 0. The van der Waals surface area contributed by atoms with E-state index in [4.69, 9.17) is 5.73 Å². The molecule has 0 aliphatic carbocycles. The molecule has 0 atom stereocenters. The Balaban J connectivity index is 2.35. The SMILES string of the molecule is Nc1ccccc1NC(=O)c1ccc(Br)cc1[N+](=O)[O-]. The number of nitrogen functional groups attached to an aromatic ring is 1. The number of nitrogens with one attached hydrogen (secondary N) is 1. The monoisotopic (exact) mass is 335 g/mol. The lowest BCUT2D eigenvalue weighted by atomic mass is 10.1. The summed E-state index contributed by atoms with van der Waals surface area (Å²) in [5, 5.41) is 13.5. The predicted molar refractivity (Wildman–Crippen MR) is 79.6 cm³/mol. The number of hydrogen-bond acceptors (Lipinski definition) is 4. The molecule has 0 aliphatic rings. The lowest BCUT2D eigenvalue weighted by Gasteiger charge is -2.08. The highest BCUT2D eigenvalue weighted by molar-refractivity contribution is 9.10. The number of para-hydroxylation sites is 2. The Kier molecular flexibility index (Phi) is 3.99. The lowest BCUT2D eigenvalue weighted by Crippen LogP contribution is -2.15. The Labute approximate surface area is 122 Å². The fourth-order valence-electron chi connectivity index (χ4n) is 1.65. The average Bonchev–Trinajstić information content (AvgIpc) is 2.41. The molecule has 3 N–H and O–H groups in total. The number of anilines is 2. The minimum absolute atomic E-state index is 0.0264. The van der Waals surface area contributed by atoms with Crippen molar-refractivity contribution in [1.29, 1.82) is 0 Å². The van der Waals surface area contributed by atoms with Gasteiger partial charge >= 0.3 is 0 Å². The maximum Gasteiger partial charge on any atom is 0.283 e. The number of nitro groups is 1. The van der Waals surface area contributed by atoms with Gasteiger partial charge in [-0.15, -0.1) is 0 Å². The fraction of sp³-hybridized carbons (Fsp3) is 0. The fourth-order valence-corrected chi connectivity index (χ4v) is 2.00. The second-order valence-corrected chi connectivity index (χ2v) is 4.88. The van der Waals surface area contributed by atoms with E-state index in [0.29, 0.717) is 15.8 Å². The highest BCUT2D eigenvalue weighted by Gasteiger charge is 2.20. The molecule has 0 aliphatic heterocycles. The molecule has 0 saturated heterocycles. The normalized spacial score (nSPS) is 10.1. The van der Waals surface area contributed by atoms with Crippen LogP contribution in [-0.4, -0.2) is 10.8 Å². The van der Waals surface area contributed by atoms with Crippen molar-refractivity contribution in [2.24, 2.45) is 0 Å². The molecule has 7 heteroatoms. The van der Waals surface area contributed by atoms with Gasteiger partial charge in [-0.3, -0.25) is 14.9 Å². The topological polar surface area (TPSA) is 98.3 Å². The molecule has 1 amide bonds. The largest absolute Gasteiger partial charge is 0.397 e. The van der Waals surface area contributed by atoms with Crippen LogP contribution in [0.4, 0.5) is 17.1 Å². The third kappa shape index (κ3) is 2.94. The van der Waals surface area contributed by atoms with Gasteiger partial charge in [0, 0.05) is 10.5 Å². The molecule has 0 aromatic heterocycles. The van der Waals surface area contributed by atoms with E-state index in [1.165, 1.54) is 12.1 Å². The second kappa shape index (κ2) is 5.70. The number of amides is 1. The standard InChI is InChI=1S/C13H10BrN3O3/c14-8-5-6-9(12(7-8)17(19)20)13(18)16-11-4-2-1-3-10(11)15/h1-7H,15H2,(H,16,18). The van der Waals surface area contributed by atoms with Gasteiger partial charge < -0.3 is 11.1 Å². The van der Waals surface area contributed by atoms with Gasteiger partial charge in [0.1, 0.15) is 5.56 Å². The van der Waals surface area contributed by atoms with Crippen LogP contribution in [0.2, 0.25) is 0 Å². The molecule has 0 heterocycles. The molecule has 0 radical (unpaired) electrons. The van der Waals surface area contributed by atoms with Crippen LogP contribution in [0.1, 0.15) is 10.4 Å². The first kappa shape index (κ1) is 14.0. The summed E-state index contributed by atoms with van der Waals surface area (Å²) in [6, 6.07) is 10.9. The molecule has 2 rings (SSSR count). The molecule has 0 fully saturated rings. The Morgan fingerprint density at radius 1 is 1.25 bits per heavy atom. The summed E-state index contributed by atoms with van der Waals surface area (Å²) in [6.45, 7) is 0. The Hall–Kier alpha value is -2.41. The van der Waals surface area contributed by atoms with Crippen molar-refractivity contribution in [3.05, 3.63) is 62.6 Å². The van der Waals surface area contributed by atoms with Gasteiger partial charge in [0.05, 0.1) is 16.3 Å². The molecule has 0 unspecified atom stereocenters. The van der Waals surface area contributed by atoms with E-state index >= 15 is 0 Å². The lowest BCUT2D eigenvalue weighted by molar-refractivity contribution is -0.385. The number of nitro benzene ring substituents is 1. The molecular formula is C13H10BrN3O3. The van der Waals surface area contributed by atoms with Crippen LogP contribution in [0, 0.1) is 10.1 Å². The molecule has 20 heavy (non-hydrogen) atoms. The number of hydrogen-bond donors (Lipinski definition) is 2. The Bertz CT molecular complexity index is 688. The smallest absolute Gasteiger partial charge is 0.283 e. The van der Waals surface area contributed by atoms with Gasteiger partial charge in [-0.1, -0.05) is 28.1 Å². The summed E-state index contributed by atoms with van der Waals surface area (Å²) in [5.41, 5.74) is 6.22. The number of nitrogens with zero attached hydrogens (tertiary/aromatic N) is 1. The molecule has 102 valence electrons. The zero-order valence-electron chi connectivity index (χ0n) is 10.2. The van der Waals surface area contributed by atoms with Crippen LogP contribution >= 0.6 is 15.9 Å². The van der Waals surface area contributed by atoms with E-state index < -0.39 is 10.8 Å². The molecule has 0 spiro atoms. The Morgan fingerprint density at radius 2 is 1.95 bits per heavy atom. The van der Waals surface area contributed by atoms with Crippen molar-refractivity contribution in [2.45, 2.75) is 0 Å². The van der Waals surface area contributed by atoms with Gasteiger partial charge in [0.15, 0.2) is 0 Å². The molecule has 6 nitrogen and oxygen atoms in total. The number of carbonyl (C=O) groups excluding carboxylic acids is 1. The molecule has 0 saturated carbocycles. The van der Waals surface area contributed by atoms with Crippen LogP contribution in [0.15, 0.2) is 46.9 Å². The molecule has 0 bridgehead atoms. The summed E-state index contributed by atoms with van der Waals surface area (Å²) >= 11 is 3.14. The van der Waals surface area contributed by atoms with Gasteiger partial charge in [-0.05, 0) is 24.3 Å². The van der Waals surface area contributed by atoms with Crippen LogP contribution in [-0.2, 0) is 0 Å². The maximum atomic E-state index is 12.1. The third-order valence-corrected chi connectivity index (χ3v) is 3.10. The van der Waals surface area contributed by atoms with Gasteiger partial charge in [0.2, 0.25) is 0 Å². The highest BCUT2D eigenvalue weighted by Crippen LogP contribution is 2.25. The van der Waals surface area contributed by atoms with Crippen molar-refractivity contribution < 1.29 is 9.72 Å². The minimum atomic E-state index is -0.603. The summed E-state index contributed by atoms with van der Waals surface area (Å²) in [4.78, 5) is 22.5. The predicted octanol–water partition coefficient (Wildman–Crippen LogP) is 3.19. The van der Waals surface area contributed by atoms with Gasteiger partial charge in [0.25, 0.3) is 11.6 Å². The zero-order chi connectivity index (χ0) is 14.7. The molecule has 2 aromatic rings. The van der Waals surface area contributed by atoms with Crippen molar-refractivity contribution in [3.8, 4) is 0 Å². The first-order chi connectivity index (χ1) is 9.49. The van der Waals surface area contributed by atoms with E-state index in [1.807, 2.05) is 0 Å². The average molecular weight is 336 g/mol. The van der Waals surface area contributed by atoms with Crippen LogP contribution < -0.4 is 11.1 Å². The first-order valence-electron chi connectivity index (χ1n) is 5.59. The van der Waals surface area contributed by atoms with Crippen molar-refractivity contribution in [1.82, 2.24) is 0 Å². The van der Waals surface area contributed by atoms with E-state index in [9.17, 15) is 14.9 Å². The van der Waals surface area contributed by atoms with Crippen molar-refractivity contribution in [3.63, 3.8) is 0 Å². The van der Waals surface area contributed by atoms with E-state index in [0.717, 1.165) is 0 Å². The van der Waals surface area contributed by atoms with Crippen molar-refractivity contribution >= 4 is 38.9 Å². The number of halogens is 1. The van der Waals surface area contributed by atoms with Gasteiger partial charge in [-0.2, -0.15) is 0 Å². The number of benzene rings is 2. The van der Waals surface area contributed by atoms with Crippen LogP contribution in [0.5, 0.6) is 0 Å². The van der Waals surface area contributed by atoms with Gasteiger partial charge in [-0.25, -0.2) is 0 Å². The second-order valence-electron chi connectivity index (χ2n) is 3.96. The minimum Gasteiger partial charge on any atom is -0.397 e. The zero-order valence-corrected chi connectivity index (χ0v) is 11.8. The van der Waals surface area contributed by atoms with Crippen LogP contribution in [0.25, 0.3) is 0 Å². The number of nitrogens with two attached hydrogens (primary N) is 1. The van der Waals surface area contributed by atoms with Crippen LogP contribution in [0.3, 0.4) is 0 Å². The molecular weight excluding hydrogens is 326 g/mol. The number of rotatable bonds is 3. The molecule has 2 aromatic carbocycles. The quantitative estimate of drug-likeness (QED) is 0.511. The summed E-state index contributed by atoms with van der Waals surface area (Å²) in [7, 11) is 0. The summed E-state index contributed by atoms with van der Waals surface area (Å²) in [5.74, 6) is -0.581. The van der Waals surface area contributed by atoms with E-state index in [-0.39, 0.29) is 11.3 Å². The summed E-state index contributed by atoms with van der Waals surface area (Å²) < 4.78 is 0.528. The maximum absolute atomic E-state index is 12.1. The highest BCUT2D eigenvalue weighted by atomic mass is 79.9. The number of carbonyl (C=O) groups is 1. The van der Waals surface area contributed by atoms with E-state index in [1.54, 1.807) is 30.3 Å².